The maximum absolute atomic E-state index is 12.4. The molecular weight excluding hydrogens is 842 g/mol. The monoisotopic (exact) mass is 938 g/mol. The van der Waals surface area contributed by atoms with E-state index in [4.69, 9.17) is 13.8 Å². The van der Waals surface area contributed by atoms with Crippen molar-refractivity contribution in [3.8, 4) is 0 Å². The highest BCUT2D eigenvalue weighted by Crippen LogP contribution is 2.43. The minimum Gasteiger partial charge on any atom is -0.480 e. The van der Waals surface area contributed by atoms with E-state index < -0.39 is 57.6 Å². The molecule has 0 rings (SSSR count). The van der Waals surface area contributed by atoms with Crippen LogP contribution in [0.4, 0.5) is 0 Å². The second-order valence-electron chi connectivity index (χ2n) is 17.7. The van der Waals surface area contributed by atoms with Gasteiger partial charge >= 0.3 is 19.8 Å². The molecule has 0 spiro atoms. The van der Waals surface area contributed by atoms with Crippen LogP contribution < -0.4 is 5.32 Å². The smallest absolute Gasteiger partial charge is 0.472 e. The first-order valence-electron chi connectivity index (χ1n) is 26.2. The van der Waals surface area contributed by atoms with E-state index in [1.165, 1.54) is 116 Å². The average molecular weight is 938 g/mol. The van der Waals surface area contributed by atoms with E-state index in [9.17, 15) is 34.1 Å². The fourth-order valence-corrected chi connectivity index (χ4v) is 8.07. The van der Waals surface area contributed by atoms with Crippen molar-refractivity contribution in [2.45, 2.75) is 251 Å². The molecule has 378 valence electrons. The number of ether oxygens (including phenoxy) is 1. The summed E-state index contributed by atoms with van der Waals surface area (Å²) >= 11 is 0. The van der Waals surface area contributed by atoms with Crippen molar-refractivity contribution in [2.24, 2.45) is 0 Å². The second-order valence-corrected chi connectivity index (χ2v) is 19.2. The quantitative estimate of drug-likeness (QED) is 0.0199. The number of unbranched alkanes of at least 4 members (excludes halogenated alkanes) is 27. The summed E-state index contributed by atoms with van der Waals surface area (Å²) in [5, 5.41) is 21.9. The number of aliphatic carboxylic acids is 1. The van der Waals surface area contributed by atoms with Gasteiger partial charge in [-0.15, -0.1) is 0 Å². The van der Waals surface area contributed by atoms with Gasteiger partial charge in [0.05, 0.1) is 13.2 Å². The molecule has 3 atom stereocenters. The fourth-order valence-electron chi connectivity index (χ4n) is 7.30. The first kappa shape index (κ1) is 62.4. The lowest BCUT2D eigenvalue weighted by atomic mass is 10.0. The number of hydrogen-bond acceptors (Lipinski definition) is 8. The largest absolute Gasteiger partial charge is 0.480 e. The molecule has 0 saturated carbocycles. The van der Waals surface area contributed by atoms with Crippen molar-refractivity contribution in [1.29, 1.82) is 0 Å². The van der Waals surface area contributed by atoms with Gasteiger partial charge in [-0.25, -0.2) is 9.36 Å². The number of carbonyl (C=O) groups excluding carboxylic acids is 2. The number of aliphatic hydroxyl groups excluding tert-OH is 1. The Morgan fingerprint density at radius 3 is 1.29 bits per heavy atom. The molecule has 0 bridgehead atoms. The molecular formula is C53H96NO10P. The summed E-state index contributed by atoms with van der Waals surface area (Å²) in [6.45, 7) is 2.60. The van der Waals surface area contributed by atoms with Gasteiger partial charge in [-0.3, -0.25) is 18.6 Å². The molecule has 12 heteroatoms. The van der Waals surface area contributed by atoms with Gasteiger partial charge in [-0.1, -0.05) is 217 Å². The van der Waals surface area contributed by atoms with Gasteiger partial charge in [0.15, 0.2) is 6.04 Å². The Kier molecular flexibility index (Phi) is 46.0. The number of phosphoric ester groups is 1. The van der Waals surface area contributed by atoms with Crippen LogP contribution in [0.25, 0.3) is 0 Å². The zero-order valence-corrected chi connectivity index (χ0v) is 42.2. The Hall–Kier alpha value is -2.56. The van der Waals surface area contributed by atoms with Crippen LogP contribution in [0.3, 0.4) is 0 Å². The van der Waals surface area contributed by atoms with E-state index in [0.717, 1.165) is 83.5 Å². The van der Waals surface area contributed by atoms with Crippen molar-refractivity contribution in [1.82, 2.24) is 5.32 Å². The van der Waals surface area contributed by atoms with Crippen LogP contribution in [-0.4, -0.2) is 64.9 Å². The Bertz CT molecular complexity index is 1280. The first-order chi connectivity index (χ1) is 31.6. The number of aliphatic hydroxyl groups is 1. The molecule has 4 N–H and O–H groups in total. The third-order valence-corrected chi connectivity index (χ3v) is 12.3. The Balaban J connectivity index is 3.85. The van der Waals surface area contributed by atoms with E-state index in [2.05, 4.69) is 67.8 Å². The lowest BCUT2D eigenvalue weighted by Crippen LogP contribution is -2.43. The molecule has 1 amide bonds. The standard InChI is InChI=1S/C53H96NO10P/c1-3-5-7-9-11-13-15-17-19-21-23-24-25-26-27-28-30-32-34-36-38-40-42-44-51(56)54-50(53(58)59)48-64-65(60,61)63-47-49(55)46-62-52(57)45-43-41-39-37-35-33-31-29-22-20-18-16-14-12-10-8-6-4-2/h11,13,17,19,23-24,26-27,49-50,55H,3-10,12,14-16,18,20-22,25,28-48H2,1-2H3,(H,54,56)(H,58,59)(H,60,61)/b13-11-,19-17-,24-23-,27-26-. The summed E-state index contributed by atoms with van der Waals surface area (Å²) in [5.74, 6) is -2.38. The fraction of sp³-hybridized carbons (Fsp3) is 0.792. The first-order valence-corrected chi connectivity index (χ1v) is 27.7. The summed E-state index contributed by atoms with van der Waals surface area (Å²) in [7, 11) is -4.77. The number of amides is 1. The number of rotatable bonds is 49. The van der Waals surface area contributed by atoms with Crippen molar-refractivity contribution < 1.29 is 47.8 Å². The van der Waals surface area contributed by atoms with Crippen LogP contribution in [0.1, 0.15) is 239 Å². The molecule has 0 aliphatic rings. The molecule has 0 aromatic carbocycles. The normalized spacial score (nSPS) is 13.9. The maximum atomic E-state index is 12.4. The van der Waals surface area contributed by atoms with Gasteiger partial charge in [0, 0.05) is 12.8 Å². The molecule has 0 aliphatic heterocycles. The number of nitrogens with one attached hydrogen (secondary N) is 1. The van der Waals surface area contributed by atoms with E-state index in [0.29, 0.717) is 12.8 Å². The minimum absolute atomic E-state index is 0.133. The molecule has 0 fully saturated rings. The summed E-state index contributed by atoms with van der Waals surface area (Å²) in [6, 6.07) is -1.55. The van der Waals surface area contributed by atoms with Gasteiger partial charge in [-0.2, -0.15) is 0 Å². The average Bonchev–Trinajstić information content (AvgIpc) is 3.28. The SMILES string of the molecule is CCCCC/C=C\C/C=C\C/C=C\C/C=C\CCCCCCCCCC(=O)NC(COP(=O)(O)OCC(O)COC(=O)CCCCCCCCCCCCCCCCCCCC)C(=O)O. The molecule has 0 saturated heterocycles. The Morgan fingerprint density at radius 2 is 0.846 bits per heavy atom. The lowest BCUT2D eigenvalue weighted by Gasteiger charge is -2.18. The molecule has 0 aliphatic carbocycles. The molecule has 0 aromatic rings. The van der Waals surface area contributed by atoms with Gasteiger partial charge in [-0.05, 0) is 57.8 Å². The van der Waals surface area contributed by atoms with E-state index >= 15 is 0 Å². The van der Waals surface area contributed by atoms with Gasteiger partial charge in [0.1, 0.15) is 12.7 Å². The number of hydrogen-bond donors (Lipinski definition) is 4. The number of allylic oxidation sites excluding steroid dienone is 8. The number of carboxylic acids is 1. The third-order valence-electron chi connectivity index (χ3n) is 11.4. The number of carboxylic acid groups (broad SMARTS) is 1. The highest BCUT2D eigenvalue weighted by atomic mass is 31.2. The van der Waals surface area contributed by atoms with Crippen LogP contribution in [-0.2, 0) is 32.7 Å². The maximum Gasteiger partial charge on any atom is 0.472 e. The Labute approximate surface area is 396 Å². The summed E-state index contributed by atoms with van der Waals surface area (Å²) in [5.41, 5.74) is 0. The highest BCUT2D eigenvalue weighted by Gasteiger charge is 2.28. The van der Waals surface area contributed by atoms with E-state index in [1.54, 1.807) is 0 Å². The second kappa shape index (κ2) is 47.9. The van der Waals surface area contributed by atoms with Gasteiger partial charge in [0.25, 0.3) is 0 Å². The molecule has 0 radical (unpaired) electrons. The van der Waals surface area contributed by atoms with Crippen LogP contribution in [0, 0.1) is 0 Å². The lowest BCUT2D eigenvalue weighted by molar-refractivity contribution is -0.147. The summed E-state index contributed by atoms with van der Waals surface area (Å²) in [6.07, 6.45) is 55.5. The highest BCUT2D eigenvalue weighted by molar-refractivity contribution is 7.47. The topological polar surface area (TPSA) is 169 Å². The van der Waals surface area contributed by atoms with E-state index in [-0.39, 0.29) is 12.8 Å². The van der Waals surface area contributed by atoms with Crippen molar-refractivity contribution in [3.63, 3.8) is 0 Å². The van der Waals surface area contributed by atoms with Crippen LogP contribution >= 0.6 is 7.82 Å². The van der Waals surface area contributed by atoms with Gasteiger partial charge in [0.2, 0.25) is 5.91 Å². The molecule has 0 aromatic heterocycles. The number of phosphoric acid groups is 1. The number of esters is 1. The van der Waals surface area contributed by atoms with Gasteiger partial charge < -0.3 is 25.2 Å². The molecule has 0 heterocycles. The van der Waals surface area contributed by atoms with Crippen molar-refractivity contribution >= 4 is 25.7 Å². The van der Waals surface area contributed by atoms with Crippen molar-refractivity contribution in [2.75, 3.05) is 19.8 Å². The zero-order valence-electron chi connectivity index (χ0n) is 41.3. The molecule has 3 unspecified atom stereocenters. The zero-order chi connectivity index (χ0) is 47.7. The van der Waals surface area contributed by atoms with Crippen LogP contribution in [0.15, 0.2) is 48.6 Å². The predicted octanol–water partition coefficient (Wildman–Crippen LogP) is 14.5. The van der Waals surface area contributed by atoms with Crippen LogP contribution in [0.5, 0.6) is 0 Å². The van der Waals surface area contributed by atoms with Crippen LogP contribution in [0.2, 0.25) is 0 Å². The molecule has 65 heavy (non-hydrogen) atoms. The molecule has 11 nitrogen and oxygen atoms in total. The minimum atomic E-state index is -4.77. The third kappa shape index (κ3) is 47.7. The summed E-state index contributed by atoms with van der Waals surface area (Å²) < 4.78 is 27.0. The van der Waals surface area contributed by atoms with E-state index in [1.807, 2.05) is 0 Å². The van der Waals surface area contributed by atoms with Crippen molar-refractivity contribution in [3.05, 3.63) is 48.6 Å². The number of carbonyl (C=O) groups is 3. The Morgan fingerprint density at radius 1 is 0.492 bits per heavy atom. The summed E-state index contributed by atoms with van der Waals surface area (Å²) in [4.78, 5) is 46.1. The predicted molar refractivity (Wildman–Crippen MR) is 268 cm³/mol.